The van der Waals surface area contributed by atoms with Gasteiger partial charge in [-0.25, -0.2) is 0 Å². The topological polar surface area (TPSA) is 38.1 Å². The van der Waals surface area contributed by atoms with Crippen molar-refractivity contribution in [1.82, 2.24) is 10.5 Å². The summed E-state index contributed by atoms with van der Waals surface area (Å²) in [5.74, 6) is 0.830. The summed E-state index contributed by atoms with van der Waals surface area (Å²) in [5, 5.41) is 8.45. The molecule has 1 aromatic heterocycles. The molecule has 1 unspecified atom stereocenters. The van der Waals surface area contributed by atoms with Crippen molar-refractivity contribution in [1.29, 1.82) is 0 Å². The fraction of sp³-hybridized carbons (Fsp3) is 0.357. The van der Waals surface area contributed by atoms with Crippen LogP contribution in [-0.2, 0) is 6.54 Å². The Bertz CT molecular complexity index is 554. The first-order valence-corrected chi connectivity index (χ1v) is 6.96. The summed E-state index contributed by atoms with van der Waals surface area (Å²) < 4.78 is 5.18. The molecule has 5 heteroatoms. The molecule has 2 aromatic rings. The second kappa shape index (κ2) is 6.42. The van der Waals surface area contributed by atoms with Crippen LogP contribution in [0.1, 0.15) is 36.4 Å². The summed E-state index contributed by atoms with van der Waals surface area (Å²) in [4.78, 5) is 0. The lowest BCUT2D eigenvalue weighted by Crippen LogP contribution is -2.20. The van der Waals surface area contributed by atoms with Gasteiger partial charge in [-0.05, 0) is 31.0 Å². The van der Waals surface area contributed by atoms with Crippen LogP contribution in [-0.4, -0.2) is 5.16 Å². The van der Waals surface area contributed by atoms with Crippen molar-refractivity contribution in [2.45, 2.75) is 32.9 Å². The van der Waals surface area contributed by atoms with Crippen LogP contribution in [0, 0.1) is 6.92 Å². The highest BCUT2D eigenvalue weighted by Gasteiger charge is 2.11. The van der Waals surface area contributed by atoms with E-state index in [4.69, 9.17) is 27.7 Å². The Hall–Kier alpha value is -1.03. The third kappa shape index (κ3) is 3.72. The molecule has 1 N–H and O–H groups in total. The Kier molecular flexibility index (Phi) is 4.86. The van der Waals surface area contributed by atoms with Crippen LogP contribution in [0.2, 0.25) is 10.0 Å². The average Bonchev–Trinajstić information content (AvgIpc) is 2.80. The second-order valence-electron chi connectivity index (χ2n) is 4.45. The highest BCUT2D eigenvalue weighted by Crippen LogP contribution is 2.27. The first-order chi connectivity index (χ1) is 9.10. The normalized spacial score (nSPS) is 12.6. The number of hydrogen-bond acceptors (Lipinski definition) is 3. The standard InChI is InChI=1S/C14H16Cl2N2O/c1-3-14(10-4-5-12(15)13(16)7-10)17-8-11-6-9(2)18-19-11/h4-7,14,17H,3,8H2,1-2H3. The van der Waals surface area contributed by atoms with Crippen LogP contribution in [0.25, 0.3) is 0 Å². The molecule has 0 bridgehead atoms. The van der Waals surface area contributed by atoms with Crippen molar-refractivity contribution < 1.29 is 4.52 Å². The Morgan fingerprint density at radius 3 is 2.63 bits per heavy atom. The van der Waals surface area contributed by atoms with Gasteiger partial charge in [0.05, 0.1) is 22.3 Å². The van der Waals surface area contributed by atoms with Crippen LogP contribution in [0.3, 0.4) is 0 Å². The van der Waals surface area contributed by atoms with E-state index in [1.807, 2.05) is 31.2 Å². The molecule has 0 aliphatic heterocycles. The minimum atomic E-state index is 0.208. The molecule has 0 aliphatic rings. The maximum atomic E-state index is 6.05. The number of halogens is 2. The van der Waals surface area contributed by atoms with E-state index in [9.17, 15) is 0 Å². The number of nitrogens with one attached hydrogen (secondary N) is 1. The average molecular weight is 299 g/mol. The van der Waals surface area contributed by atoms with Gasteiger partial charge >= 0.3 is 0 Å². The van der Waals surface area contributed by atoms with Crippen molar-refractivity contribution in [2.75, 3.05) is 0 Å². The largest absolute Gasteiger partial charge is 0.360 e. The zero-order chi connectivity index (χ0) is 13.8. The van der Waals surface area contributed by atoms with E-state index >= 15 is 0 Å². The third-order valence-corrected chi connectivity index (χ3v) is 3.69. The van der Waals surface area contributed by atoms with Crippen molar-refractivity contribution in [3.63, 3.8) is 0 Å². The Morgan fingerprint density at radius 2 is 2.05 bits per heavy atom. The van der Waals surface area contributed by atoms with E-state index in [-0.39, 0.29) is 6.04 Å². The smallest absolute Gasteiger partial charge is 0.150 e. The lowest BCUT2D eigenvalue weighted by atomic mass is 10.0. The monoisotopic (exact) mass is 298 g/mol. The predicted octanol–water partition coefficient (Wildman–Crippen LogP) is 4.53. The van der Waals surface area contributed by atoms with E-state index in [1.165, 1.54) is 0 Å². The van der Waals surface area contributed by atoms with Gasteiger partial charge in [-0.15, -0.1) is 0 Å². The van der Waals surface area contributed by atoms with Gasteiger partial charge in [-0.2, -0.15) is 0 Å². The summed E-state index contributed by atoms with van der Waals surface area (Å²) in [6.45, 7) is 4.66. The first-order valence-electron chi connectivity index (χ1n) is 6.20. The fourth-order valence-corrected chi connectivity index (χ4v) is 2.26. The van der Waals surface area contributed by atoms with Gasteiger partial charge in [0, 0.05) is 12.1 Å². The molecule has 3 nitrogen and oxygen atoms in total. The third-order valence-electron chi connectivity index (χ3n) is 2.95. The van der Waals surface area contributed by atoms with Gasteiger partial charge < -0.3 is 9.84 Å². The van der Waals surface area contributed by atoms with Gasteiger partial charge in [0.25, 0.3) is 0 Å². The summed E-state index contributed by atoms with van der Waals surface area (Å²) in [6, 6.07) is 7.84. The summed E-state index contributed by atoms with van der Waals surface area (Å²) in [6.07, 6.45) is 0.949. The minimum Gasteiger partial charge on any atom is -0.360 e. The number of aromatic nitrogens is 1. The molecule has 2 rings (SSSR count). The van der Waals surface area contributed by atoms with Crippen molar-refractivity contribution >= 4 is 23.2 Å². The van der Waals surface area contributed by atoms with Crippen molar-refractivity contribution in [3.05, 3.63) is 51.3 Å². The molecule has 1 atom stereocenters. The van der Waals surface area contributed by atoms with Gasteiger partial charge in [-0.3, -0.25) is 0 Å². The maximum absolute atomic E-state index is 6.05. The van der Waals surface area contributed by atoms with E-state index in [0.29, 0.717) is 16.6 Å². The number of hydrogen-bond donors (Lipinski definition) is 1. The molecule has 0 saturated heterocycles. The Labute approximate surface area is 122 Å². The van der Waals surface area contributed by atoms with Gasteiger partial charge in [0.2, 0.25) is 0 Å². The van der Waals surface area contributed by atoms with Crippen LogP contribution in [0.15, 0.2) is 28.8 Å². The molecule has 0 fully saturated rings. The van der Waals surface area contributed by atoms with Gasteiger partial charge in [0.15, 0.2) is 5.76 Å². The van der Waals surface area contributed by atoms with Crippen molar-refractivity contribution in [2.24, 2.45) is 0 Å². The zero-order valence-corrected chi connectivity index (χ0v) is 12.4. The SMILES string of the molecule is CCC(NCc1cc(C)no1)c1ccc(Cl)c(Cl)c1. The highest BCUT2D eigenvalue weighted by molar-refractivity contribution is 6.42. The quantitative estimate of drug-likeness (QED) is 0.881. The number of aryl methyl sites for hydroxylation is 1. The second-order valence-corrected chi connectivity index (χ2v) is 5.26. The number of benzene rings is 1. The maximum Gasteiger partial charge on any atom is 0.150 e. The van der Waals surface area contributed by atoms with E-state index in [0.717, 1.165) is 23.4 Å². The molecule has 0 aliphatic carbocycles. The molecule has 0 spiro atoms. The van der Waals surface area contributed by atoms with Gasteiger partial charge in [0.1, 0.15) is 0 Å². The van der Waals surface area contributed by atoms with Crippen molar-refractivity contribution in [3.8, 4) is 0 Å². The summed E-state index contributed by atoms with van der Waals surface area (Å²) in [7, 11) is 0. The zero-order valence-electron chi connectivity index (χ0n) is 10.9. The molecule has 0 radical (unpaired) electrons. The Morgan fingerprint density at radius 1 is 1.26 bits per heavy atom. The molecule has 19 heavy (non-hydrogen) atoms. The predicted molar refractivity (Wildman–Crippen MR) is 77.6 cm³/mol. The fourth-order valence-electron chi connectivity index (χ4n) is 1.95. The van der Waals surface area contributed by atoms with Crippen LogP contribution in [0.5, 0.6) is 0 Å². The molecule has 102 valence electrons. The molecule has 0 amide bonds. The van der Waals surface area contributed by atoms with E-state index < -0.39 is 0 Å². The molecular weight excluding hydrogens is 283 g/mol. The highest BCUT2D eigenvalue weighted by atomic mass is 35.5. The minimum absolute atomic E-state index is 0.208. The van der Waals surface area contributed by atoms with Crippen LogP contribution in [0.4, 0.5) is 0 Å². The van der Waals surface area contributed by atoms with E-state index in [2.05, 4.69) is 17.4 Å². The van der Waals surface area contributed by atoms with E-state index in [1.54, 1.807) is 0 Å². The van der Waals surface area contributed by atoms with Crippen LogP contribution >= 0.6 is 23.2 Å². The number of rotatable bonds is 5. The van der Waals surface area contributed by atoms with Crippen LogP contribution < -0.4 is 5.32 Å². The number of nitrogens with zero attached hydrogens (tertiary/aromatic N) is 1. The molecule has 0 saturated carbocycles. The Balaban J connectivity index is 2.05. The van der Waals surface area contributed by atoms with Gasteiger partial charge in [-0.1, -0.05) is 41.3 Å². The lowest BCUT2D eigenvalue weighted by molar-refractivity contribution is 0.359. The lowest BCUT2D eigenvalue weighted by Gasteiger charge is -2.17. The molecule has 1 aromatic carbocycles. The summed E-state index contributed by atoms with van der Waals surface area (Å²) in [5.41, 5.74) is 2.01. The summed E-state index contributed by atoms with van der Waals surface area (Å²) >= 11 is 12.0. The molecular formula is C14H16Cl2N2O. The first kappa shape index (κ1) is 14.4. The molecule has 1 heterocycles.